The SMILES string of the molecule is OC1CC(c2cc(F)ccc2F)N(Cc2ccccn2)C1. The minimum atomic E-state index is -0.540. The van der Waals surface area contributed by atoms with Crippen molar-refractivity contribution in [1.29, 1.82) is 0 Å². The first-order valence-electron chi connectivity index (χ1n) is 6.90. The second kappa shape index (κ2) is 5.87. The van der Waals surface area contributed by atoms with E-state index < -0.39 is 17.7 Å². The molecule has 3 rings (SSSR count). The molecule has 0 spiro atoms. The molecule has 0 bridgehead atoms. The monoisotopic (exact) mass is 290 g/mol. The zero-order chi connectivity index (χ0) is 14.8. The molecule has 2 unspecified atom stereocenters. The van der Waals surface area contributed by atoms with E-state index in [-0.39, 0.29) is 6.04 Å². The van der Waals surface area contributed by atoms with E-state index in [0.717, 1.165) is 17.8 Å². The van der Waals surface area contributed by atoms with E-state index >= 15 is 0 Å². The van der Waals surface area contributed by atoms with Gasteiger partial charge in [0.25, 0.3) is 0 Å². The van der Waals surface area contributed by atoms with Crippen LogP contribution in [0.15, 0.2) is 42.6 Å². The first kappa shape index (κ1) is 14.1. The molecular weight excluding hydrogens is 274 g/mol. The highest BCUT2D eigenvalue weighted by Crippen LogP contribution is 2.34. The van der Waals surface area contributed by atoms with Crippen LogP contribution in [0.3, 0.4) is 0 Å². The molecule has 5 heteroatoms. The Labute approximate surface area is 121 Å². The molecule has 1 aromatic heterocycles. The third kappa shape index (κ3) is 3.09. The van der Waals surface area contributed by atoms with Gasteiger partial charge in [-0.3, -0.25) is 9.88 Å². The van der Waals surface area contributed by atoms with Gasteiger partial charge < -0.3 is 5.11 Å². The van der Waals surface area contributed by atoms with Crippen molar-refractivity contribution in [1.82, 2.24) is 9.88 Å². The predicted octanol–water partition coefficient (Wildman–Crippen LogP) is 2.67. The van der Waals surface area contributed by atoms with E-state index in [4.69, 9.17) is 0 Å². The molecule has 1 N–H and O–H groups in total. The second-order valence-corrected chi connectivity index (χ2v) is 5.32. The zero-order valence-corrected chi connectivity index (χ0v) is 11.4. The molecule has 2 atom stereocenters. The summed E-state index contributed by atoms with van der Waals surface area (Å²) in [5.41, 5.74) is 1.14. The fourth-order valence-corrected chi connectivity index (χ4v) is 2.85. The second-order valence-electron chi connectivity index (χ2n) is 5.32. The third-order valence-corrected chi connectivity index (χ3v) is 3.79. The molecule has 0 aliphatic carbocycles. The normalized spacial score (nSPS) is 22.6. The molecule has 3 nitrogen and oxygen atoms in total. The lowest BCUT2D eigenvalue weighted by Crippen LogP contribution is -2.25. The minimum Gasteiger partial charge on any atom is -0.392 e. The van der Waals surface area contributed by atoms with Crippen molar-refractivity contribution in [3.05, 3.63) is 65.5 Å². The number of nitrogens with zero attached hydrogens (tertiary/aromatic N) is 2. The number of halogens is 2. The third-order valence-electron chi connectivity index (χ3n) is 3.79. The fraction of sp³-hybridized carbons (Fsp3) is 0.312. The van der Waals surface area contributed by atoms with Crippen LogP contribution in [0.5, 0.6) is 0 Å². The van der Waals surface area contributed by atoms with Crippen molar-refractivity contribution in [2.24, 2.45) is 0 Å². The van der Waals surface area contributed by atoms with E-state index in [9.17, 15) is 13.9 Å². The van der Waals surface area contributed by atoms with Gasteiger partial charge in [0.05, 0.1) is 11.8 Å². The van der Waals surface area contributed by atoms with Gasteiger partial charge in [-0.15, -0.1) is 0 Å². The topological polar surface area (TPSA) is 36.4 Å². The highest BCUT2D eigenvalue weighted by atomic mass is 19.1. The Morgan fingerprint density at radius 2 is 2.10 bits per heavy atom. The maximum absolute atomic E-state index is 14.0. The molecule has 2 aromatic rings. The number of hydrogen-bond donors (Lipinski definition) is 1. The maximum atomic E-state index is 14.0. The van der Waals surface area contributed by atoms with E-state index in [1.165, 1.54) is 6.07 Å². The number of rotatable bonds is 3. The Balaban J connectivity index is 1.87. The Kier molecular flexibility index (Phi) is 3.94. The summed E-state index contributed by atoms with van der Waals surface area (Å²) in [5.74, 6) is -0.910. The summed E-state index contributed by atoms with van der Waals surface area (Å²) in [6, 6.07) is 8.70. The Morgan fingerprint density at radius 1 is 1.24 bits per heavy atom. The molecule has 0 saturated carbocycles. The average Bonchev–Trinajstić information content (AvgIpc) is 2.83. The predicted molar refractivity (Wildman–Crippen MR) is 74.4 cm³/mol. The number of aliphatic hydroxyl groups excluding tert-OH is 1. The van der Waals surface area contributed by atoms with Gasteiger partial charge in [0.1, 0.15) is 11.6 Å². The summed E-state index contributed by atoms with van der Waals surface area (Å²) in [5, 5.41) is 9.89. The van der Waals surface area contributed by atoms with Crippen molar-refractivity contribution < 1.29 is 13.9 Å². The fourth-order valence-electron chi connectivity index (χ4n) is 2.85. The largest absolute Gasteiger partial charge is 0.392 e. The van der Waals surface area contributed by atoms with E-state index in [2.05, 4.69) is 4.98 Å². The van der Waals surface area contributed by atoms with Gasteiger partial charge >= 0.3 is 0 Å². The van der Waals surface area contributed by atoms with Crippen molar-refractivity contribution >= 4 is 0 Å². The molecular formula is C16H16F2N2O. The van der Waals surface area contributed by atoms with Gasteiger partial charge in [-0.25, -0.2) is 8.78 Å². The van der Waals surface area contributed by atoms with Crippen molar-refractivity contribution in [2.75, 3.05) is 6.54 Å². The molecule has 1 saturated heterocycles. The van der Waals surface area contributed by atoms with Gasteiger partial charge in [-0.2, -0.15) is 0 Å². The molecule has 1 aliphatic rings. The summed E-state index contributed by atoms with van der Waals surface area (Å²) >= 11 is 0. The maximum Gasteiger partial charge on any atom is 0.128 e. The van der Waals surface area contributed by atoms with Gasteiger partial charge in [-0.1, -0.05) is 6.07 Å². The molecule has 1 fully saturated rings. The van der Waals surface area contributed by atoms with Crippen LogP contribution in [-0.2, 0) is 6.54 Å². The van der Waals surface area contributed by atoms with Crippen LogP contribution in [-0.4, -0.2) is 27.6 Å². The Hall–Kier alpha value is -1.85. The number of aromatic nitrogens is 1. The van der Waals surface area contributed by atoms with Crippen molar-refractivity contribution in [3.8, 4) is 0 Å². The number of benzene rings is 1. The van der Waals surface area contributed by atoms with Gasteiger partial charge in [0.15, 0.2) is 0 Å². The number of aliphatic hydroxyl groups is 1. The lowest BCUT2D eigenvalue weighted by molar-refractivity contribution is 0.172. The van der Waals surface area contributed by atoms with Crippen LogP contribution >= 0.6 is 0 Å². The molecule has 0 amide bonds. The lowest BCUT2D eigenvalue weighted by atomic mass is 10.0. The molecule has 1 aromatic carbocycles. The van der Waals surface area contributed by atoms with Crippen LogP contribution in [0, 0.1) is 11.6 Å². The van der Waals surface area contributed by atoms with Gasteiger partial charge in [-0.05, 0) is 36.8 Å². The molecule has 110 valence electrons. The van der Waals surface area contributed by atoms with E-state index in [1.807, 2.05) is 23.1 Å². The zero-order valence-electron chi connectivity index (χ0n) is 11.4. The summed E-state index contributed by atoms with van der Waals surface area (Å²) in [6.07, 6.45) is 1.55. The number of pyridine rings is 1. The van der Waals surface area contributed by atoms with Crippen LogP contribution in [0.2, 0.25) is 0 Å². The first-order valence-corrected chi connectivity index (χ1v) is 6.90. The van der Waals surface area contributed by atoms with Crippen molar-refractivity contribution in [2.45, 2.75) is 25.1 Å². The summed E-state index contributed by atoms with van der Waals surface area (Å²) < 4.78 is 27.4. The quantitative estimate of drug-likeness (QED) is 0.944. The number of likely N-dealkylation sites (tertiary alicyclic amines) is 1. The minimum absolute atomic E-state index is 0.294. The standard InChI is InChI=1S/C16H16F2N2O/c17-11-4-5-15(18)14(7-11)16-8-13(21)10-20(16)9-12-3-1-2-6-19-12/h1-7,13,16,21H,8-10H2. The summed E-state index contributed by atoms with van der Waals surface area (Å²) in [7, 11) is 0. The summed E-state index contributed by atoms with van der Waals surface area (Å²) in [4.78, 5) is 6.18. The van der Waals surface area contributed by atoms with Crippen LogP contribution < -0.4 is 0 Å². The highest BCUT2D eigenvalue weighted by Gasteiger charge is 2.33. The van der Waals surface area contributed by atoms with Crippen LogP contribution in [0.4, 0.5) is 8.78 Å². The smallest absolute Gasteiger partial charge is 0.128 e. The van der Waals surface area contributed by atoms with Gasteiger partial charge in [0.2, 0.25) is 0 Å². The van der Waals surface area contributed by atoms with Gasteiger partial charge in [0, 0.05) is 30.9 Å². The molecule has 0 radical (unpaired) electrons. The summed E-state index contributed by atoms with van der Waals surface area (Å²) in [6.45, 7) is 0.926. The Bertz CT molecular complexity index is 621. The molecule has 1 aliphatic heterocycles. The van der Waals surface area contributed by atoms with Crippen LogP contribution in [0.1, 0.15) is 23.7 Å². The van der Waals surface area contributed by atoms with E-state index in [0.29, 0.717) is 25.1 Å². The number of β-amino-alcohol motifs (C(OH)–C–C–N with tert-alkyl or cyclic N) is 1. The Morgan fingerprint density at radius 3 is 2.86 bits per heavy atom. The van der Waals surface area contributed by atoms with E-state index in [1.54, 1.807) is 6.20 Å². The molecule has 2 heterocycles. The highest BCUT2D eigenvalue weighted by molar-refractivity contribution is 5.24. The first-order chi connectivity index (χ1) is 10.1. The lowest BCUT2D eigenvalue weighted by Gasteiger charge is -2.24. The van der Waals surface area contributed by atoms with Crippen LogP contribution in [0.25, 0.3) is 0 Å². The number of hydrogen-bond acceptors (Lipinski definition) is 3. The van der Waals surface area contributed by atoms with Crippen molar-refractivity contribution in [3.63, 3.8) is 0 Å². The average molecular weight is 290 g/mol. The molecule has 21 heavy (non-hydrogen) atoms.